The number of pyridine rings is 1. The fourth-order valence-corrected chi connectivity index (χ4v) is 3.13. The van der Waals surface area contributed by atoms with Gasteiger partial charge in [-0.15, -0.1) is 0 Å². The Balaban J connectivity index is 1.77. The van der Waals surface area contributed by atoms with Gasteiger partial charge in [0.1, 0.15) is 11.5 Å². The second kappa shape index (κ2) is 7.87. The molecule has 27 heavy (non-hydrogen) atoms. The third-order valence-electron chi connectivity index (χ3n) is 4.32. The number of aliphatic hydroxyl groups is 1. The Morgan fingerprint density at radius 2 is 2.07 bits per heavy atom. The van der Waals surface area contributed by atoms with Gasteiger partial charge in [0.2, 0.25) is 5.56 Å². The molecule has 3 aromatic rings. The van der Waals surface area contributed by atoms with Gasteiger partial charge >= 0.3 is 0 Å². The summed E-state index contributed by atoms with van der Waals surface area (Å²) in [5, 5.41) is 24.7. The Labute approximate surface area is 160 Å². The number of nitrogen functional groups attached to an aromatic ring is 1. The van der Waals surface area contributed by atoms with Gasteiger partial charge in [-0.05, 0) is 23.8 Å². The van der Waals surface area contributed by atoms with Gasteiger partial charge in [-0.3, -0.25) is 4.79 Å². The van der Waals surface area contributed by atoms with E-state index in [-0.39, 0.29) is 17.9 Å². The number of aliphatic hydroxyl groups excluding tert-OH is 1. The largest absolute Gasteiger partial charge is 0.506 e. The maximum Gasteiger partial charge on any atom is 0.248 e. The first kappa shape index (κ1) is 19.0. The number of nitrogens with one attached hydrogen (secondary N) is 2. The van der Waals surface area contributed by atoms with Crippen LogP contribution in [0.25, 0.3) is 10.9 Å². The number of H-pyrrole nitrogens is 1. The predicted octanol–water partition coefficient (Wildman–Crippen LogP) is 2.30. The molecule has 1 aromatic heterocycles. The van der Waals surface area contributed by atoms with Crippen LogP contribution in [0.15, 0.2) is 41.2 Å². The summed E-state index contributed by atoms with van der Waals surface area (Å²) in [4.78, 5) is 14.1. The topological polar surface area (TPSA) is 121 Å². The molecular formula is C19H20ClN3O4. The summed E-state index contributed by atoms with van der Waals surface area (Å²) in [6, 6.07) is 9.37. The van der Waals surface area contributed by atoms with Crippen molar-refractivity contribution in [3.05, 3.63) is 62.9 Å². The molecule has 0 aliphatic rings. The summed E-state index contributed by atoms with van der Waals surface area (Å²) in [6.45, 7) is 0.650. The zero-order valence-electron chi connectivity index (χ0n) is 14.6. The van der Waals surface area contributed by atoms with Gasteiger partial charge in [0.15, 0.2) is 0 Å². The van der Waals surface area contributed by atoms with E-state index in [1.165, 1.54) is 12.1 Å². The van der Waals surface area contributed by atoms with Crippen molar-refractivity contribution < 1.29 is 14.9 Å². The van der Waals surface area contributed by atoms with Crippen molar-refractivity contribution in [3.8, 4) is 11.5 Å². The minimum atomic E-state index is -0.853. The van der Waals surface area contributed by atoms with Crippen molar-refractivity contribution in [2.45, 2.75) is 12.6 Å². The van der Waals surface area contributed by atoms with Crippen LogP contribution in [0.3, 0.4) is 0 Å². The number of halogens is 1. The van der Waals surface area contributed by atoms with E-state index in [2.05, 4.69) is 10.3 Å². The number of benzene rings is 2. The van der Waals surface area contributed by atoms with Crippen molar-refractivity contribution in [3.63, 3.8) is 0 Å². The van der Waals surface area contributed by atoms with Gasteiger partial charge in [-0.25, -0.2) is 0 Å². The van der Waals surface area contributed by atoms with Crippen LogP contribution < -0.4 is 21.3 Å². The van der Waals surface area contributed by atoms with E-state index in [0.29, 0.717) is 39.5 Å². The summed E-state index contributed by atoms with van der Waals surface area (Å²) in [6.07, 6.45) is -0.853. The van der Waals surface area contributed by atoms with Crippen molar-refractivity contribution >= 4 is 28.2 Å². The molecule has 142 valence electrons. The number of phenolic OH excluding ortho intramolecular Hbond substituents is 1. The van der Waals surface area contributed by atoms with Crippen LogP contribution in [0.1, 0.15) is 17.2 Å². The molecular weight excluding hydrogens is 370 g/mol. The molecule has 0 amide bonds. The number of nitrogens with two attached hydrogens (primary N) is 1. The second-order valence-corrected chi connectivity index (χ2v) is 6.52. The maximum atomic E-state index is 11.5. The Morgan fingerprint density at radius 1 is 1.30 bits per heavy atom. The maximum absolute atomic E-state index is 11.5. The van der Waals surface area contributed by atoms with E-state index >= 15 is 0 Å². The molecule has 2 aromatic carbocycles. The highest BCUT2D eigenvalue weighted by Crippen LogP contribution is 2.30. The number of hydrogen-bond acceptors (Lipinski definition) is 6. The number of rotatable bonds is 6. The van der Waals surface area contributed by atoms with Crippen molar-refractivity contribution in [2.75, 3.05) is 19.4 Å². The average Bonchev–Trinajstić information content (AvgIpc) is 2.65. The molecule has 0 saturated carbocycles. The average molecular weight is 390 g/mol. The lowest BCUT2D eigenvalue weighted by molar-refractivity contribution is 0.175. The van der Waals surface area contributed by atoms with Gasteiger partial charge in [0.05, 0.1) is 29.4 Å². The Kier molecular flexibility index (Phi) is 5.55. The minimum Gasteiger partial charge on any atom is -0.506 e. The van der Waals surface area contributed by atoms with Gasteiger partial charge < -0.3 is 31.0 Å². The summed E-state index contributed by atoms with van der Waals surface area (Å²) >= 11 is 6.06. The molecule has 0 aliphatic heterocycles. The third-order valence-corrected chi connectivity index (χ3v) is 4.65. The number of aromatic hydroxyl groups is 1. The second-order valence-electron chi connectivity index (χ2n) is 6.12. The predicted molar refractivity (Wildman–Crippen MR) is 105 cm³/mol. The van der Waals surface area contributed by atoms with Gasteiger partial charge in [0.25, 0.3) is 0 Å². The highest BCUT2D eigenvalue weighted by atomic mass is 35.5. The lowest BCUT2D eigenvalue weighted by Crippen LogP contribution is -2.21. The zero-order valence-corrected chi connectivity index (χ0v) is 15.4. The van der Waals surface area contributed by atoms with Gasteiger partial charge in [-0.1, -0.05) is 17.7 Å². The van der Waals surface area contributed by atoms with Crippen LogP contribution in [0.5, 0.6) is 11.5 Å². The molecule has 0 bridgehead atoms. The Bertz CT molecular complexity index is 1040. The van der Waals surface area contributed by atoms with Gasteiger partial charge in [-0.2, -0.15) is 0 Å². The molecule has 1 atom stereocenters. The van der Waals surface area contributed by atoms with Crippen LogP contribution in [-0.2, 0) is 6.54 Å². The van der Waals surface area contributed by atoms with Crippen LogP contribution >= 0.6 is 11.6 Å². The van der Waals surface area contributed by atoms with Gasteiger partial charge in [0, 0.05) is 36.2 Å². The van der Waals surface area contributed by atoms with Crippen molar-refractivity contribution in [1.29, 1.82) is 0 Å². The molecule has 3 rings (SSSR count). The normalized spacial score (nSPS) is 12.3. The first-order valence-corrected chi connectivity index (χ1v) is 8.64. The molecule has 1 heterocycles. The molecule has 0 aliphatic carbocycles. The number of anilines is 1. The molecule has 8 heteroatoms. The molecule has 0 radical (unpaired) electrons. The minimum absolute atomic E-state index is 0.0483. The number of ether oxygens (including phenoxy) is 1. The van der Waals surface area contributed by atoms with Crippen molar-refractivity contribution in [1.82, 2.24) is 10.3 Å². The summed E-state index contributed by atoms with van der Waals surface area (Å²) < 4.78 is 5.30. The zero-order chi connectivity index (χ0) is 19.6. The van der Waals surface area contributed by atoms with E-state index in [1.54, 1.807) is 31.4 Å². The number of methoxy groups -OCH3 is 1. The smallest absolute Gasteiger partial charge is 0.248 e. The lowest BCUT2D eigenvalue weighted by Gasteiger charge is -2.16. The van der Waals surface area contributed by atoms with E-state index in [4.69, 9.17) is 22.1 Å². The van der Waals surface area contributed by atoms with E-state index in [1.807, 2.05) is 0 Å². The lowest BCUT2D eigenvalue weighted by atomic mass is 10.0. The van der Waals surface area contributed by atoms with Crippen LogP contribution in [-0.4, -0.2) is 28.9 Å². The standard InChI is InChI=1S/C19H20ClN3O4/c1-27-17-7-14(21)13(20)6-10(17)8-22-9-16(25)11-2-4-15(24)19-12(11)3-5-18(26)23-19/h2-7,16,22,24-25H,8-9,21H2,1H3,(H,23,26). The third kappa shape index (κ3) is 4.00. The number of aromatic amines is 1. The number of phenols is 1. The van der Waals surface area contributed by atoms with E-state index in [0.717, 1.165) is 5.56 Å². The monoisotopic (exact) mass is 389 g/mol. The fraction of sp³-hybridized carbons (Fsp3) is 0.211. The number of aromatic nitrogens is 1. The summed E-state index contributed by atoms with van der Waals surface area (Å²) in [7, 11) is 1.55. The first-order chi connectivity index (χ1) is 12.9. The fourth-order valence-electron chi connectivity index (χ4n) is 2.94. The highest BCUT2D eigenvalue weighted by molar-refractivity contribution is 6.33. The van der Waals surface area contributed by atoms with Crippen LogP contribution in [0.2, 0.25) is 5.02 Å². The van der Waals surface area contributed by atoms with Crippen LogP contribution in [0.4, 0.5) is 5.69 Å². The number of fused-ring (bicyclic) bond motifs is 1. The van der Waals surface area contributed by atoms with Crippen LogP contribution in [0, 0.1) is 0 Å². The van der Waals surface area contributed by atoms with Crippen molar-refractivity contribution in [2.24, 2.45) is 0 Å². The SMILES string of the molecule is COc1cc(N)c(Cl)cc1CNCC(O)c1ccc(O)c2[nH]c(=O)ccc12. The van der Waals surface area contributed by atoms with E-state index < -0.39 is 6.10 Å². The Hall–Kier alpha value is -2.74. The molecule has 0 saturated heterocycles. The first-order valence-electron chi connectivity index (χ1n) is 8.26. The quantitative estimate of drug-likeness (QED) is 0.412. The molecule has 6 N–H and O–H groups in total. The molecule has 7 nitrogen and oxygen atoms in total. The highest BCUT2D eigenvalue weighted by Gasteiger charge is 2.14. The van der Waals surface area contributed by atoms with E-state index in [9.17, 15) is 15.0 Å². The molecule has 0 spiro atoms. The summed E-state index contributed by atoms with van der Waals surface area (Å²) in [5.74, 6) is 0.555. The number of hydrogen-bond donors (Lipinski definition) is 5. The molecule has 0 fully saturated rings. The molecule has 1 unspecified atom stereocenters. The Morgan fingerprint density at radius 3 is 2.81 bits per heavy atom. The summed E-state index contributed by atoms with van der Waals surface area (Å²) in [5.41, 5.74) is 7.58.